The highest BCUT2D eigenvalue weighted by Gasteiger charge is 2.19. The Morgan fingerprint density at radius 1 is 1.07 bits per heavy atom. The molecular formula is C21H20BrN3O3. The predicted octanol–water partition coefficient (Wildman–Crippen LogP) is 3.97. The molecule has 0 aliphatic heterocycles. The number of carbonyl (C=O) groups excluding carboxylic acids is 2. The third-order valence-electron chi connectivity index (χ3n) is 4.42. The molecule has 7 heteroatoms. The van der Waals surface area contributed by atoms with E-state index in [1.54, 1.807) is 28.9 Å². The smallest absolute Gasteiger partial charge is 0.337 e. The molecular weight excluding hydrogens is 422 g/mol. The fourth-order valence-electron chi connectivity index (χ4n) is 2.95. The molecule has 0 fully saturated rings. The van der Waals surface area contributed by atoms with Gasteiger partial charge in [0, 0.05) is 11.0 Å². The van der Waals surface area contributed by atoms with Crippen LogP contribution in [0.3, 0.4) is 0 Å². The van der Waals surface area contributed by atoms with Crippen molar-refractivity contribution in [2.75, 3.05) is 7.11 Å². The van der Waals surface area contributed by atoms with Crippen LogP contribution < -0.4 is 5.32 Å². The van der Waals surface area contributed by atoms with Gasteiger partial charge in [-0.25, -0.2) is 9.48 Å². The second-order valence-corrected chi connectivity index (χ2v) is 7.22. The Morgan fingerprint density at radius 2 is 1.71 bits per heavy atom. The highest BCUT2D eigenvalue weighted by molar-refractivity contribution is 9.10. The van der Waals surface area contributed by atoms with Crippen LogP contribution in [-0.2, 0) is 11.3 Å². The molecule has 0 bridgehead atoms. The number of hydrogen-bond donors (Lipinski definition) is 1. The summed E-state index contributed by atoms with van der Waals surface area (Å²) in [5.41, 5.74) is 4.25. The Balaban J connectivity index is 1.74. The van der Waals surface area contributed by atoms with Crippen LogP contribution in [0.15, 0.2) is 53.0 Å². The molecule has 0 unspecified atom stereocenters. The molecule has 1 heterocycles. The van der Waals surface area contributed by atoms with Gasteiger partial charge in [-0.3, -0.25) is 4.79 Å². The van der Waals surface area contributed by atoms with Crippen LogP contribution in [0.1, 0.15) is 37.7 Å². The van der Waals surface area contributed by atoms with Crippen molar-refractivity contribution >= 4 is 27.8 Å². The van der Waals surface area contributed by atoms with Crippen LogP contribution >= 0.6 is 15.9 Å². The molecule has 0 atom stereocenters. The van der Waals surface area contributed by atoms with Crippen molar-refractivity contribution in [2.45, 2.75) is 20.4 Å². The summed E-state index contributed by atoms with van der Waals surface area (Å²) >= 11 is 3.42. The summed E-state index contributed by atoms with van der Waals surface area (Å²) in [6.07, 6.45) is 0. The van der Waals surface area contributed by atoms with Crippen molar-refractivity contribution in [3.63, 3.8) is 0 Å². The Morgan fingerprint density at radius 3 is 2.32 bits per heavy atom. The molecule has 28 heavy (non-hydrogen) atoms. The Bertz CT molecular complexity index is 1010. The minimum absolute atomic E-state index is 0.185. The molecule has 3 aromatic rings. The normalized spacial score (nSPS) is 10.6. The zero-order valence-electron chi connectivity index (χ0n) is 15.8. The SMILES string of the molecule is COC(=O)c1ccc(CNC(=O)c2c(C)nn(-c3ccc(Br)cc3)c2C)cc1. The number of aromatic nitrogens is 2. The summed E-state index contributed by atoms with van der Waals surface area (Å²) in [7, 11) is 1.34. The molecule has 1 amide bonds. The van der Waals surface area contributed by atoms with Crippen LogP contribution in [0.2, 0.25) is 0 Å². The molecule has 0 radical (unpaired) electrons. The molecule has 6 nitrogen and oxygen atoms in total. The standard InChI is InChI=1S/C21H20BrN3O3/c1-13-19(14(2)25(24-13)18-10-8-17(22)9-11-18)20(26)23-12-15-4-6-16(7-5-15)21(27)28-3/h4-11H,12H2,1-3H3,(H,23,26). The van der Waals surface area contributed by atoms with Gasteiger partial charge >= 0.3 is 5.97 Å². The first kappa shape index (κ1) is 19.8. The minimum Gasteiger partial charge on any atom is -0.465 e. The van der Waals surface area contributed by atoms with Gasteiger partial charge in [-0.2, -0.15) is 5.10 Å². The van der Waals surface area contributed by atoms with Crippen molar-refractivity contribution < 1.29 is 14.3 Å². The van der Waals surface area contributed by atoms with Crippen molar-refractivity contribution in [3.05, 3.63) is 81.1 Å². The van der Waals surface area contributed by atoms with Gasteiger partial charge in [0.1, 0.15) is 0 Å². The number of hydrogen-bond acceptors (Lipinski definition) is 4. The largest absolute Gasteiger partial charge is 0.465 e. The van der Waals surface area contributed by atoms with E-state index in [9.17, 15) is 9.59 Å². The fourth-order valence-corrected chi connectivity index (χ4v) is 3.22. The first-order valence-corrected chi connectivity index (χ1v) is 9.47. The van der Waals surface area contributed by atoms with E-state index in [-0.39, 0.29) is 11.9 Å². The summed E-state index contributed by atoms with van der Waals surface area (Å²) in [4.78, 5) is 24.2. The molecule has 0 saturated heterocycles. The molecule has 0 saturated carbocycles. The number of amides is 1. The lowest BCUT2D eigenvalue weighted by Gasteiger charge is -2.08. The number of carbonyl (C=O) groups is 2. The Kier molecular flexibility index (Phi) is 5.94. The molecule has 1 N–H and O–H groups in total. The summed E-state index contributed by atoms with van der Waals surface area (Å²) in [6.45, 7) is 4.05. The second-order valence-electron chi connectivity index (χ2n) is 6.31. The monoisotopic (exact) mass is 441 g/mol. The number of benzene rings is 2. The second kappa shape index (κ2) is 8.39. The number of rotatable bonds is 5. The molecule has 1 aromatic heterocycles. The zero-order valence-corrected chi connectivity index (χ0v) is 17.4. The van der Waals surface area contributed by atoms with E-state index >= 15 is 0 Å². The number of nitrogens with zero attached hydrogens (tertiary/aromatic N) is 2. The maximum Gasteiger partial charge on any atom is 0.337 e. The maximum absolute atomic E-state index is 12.7. The van der Waals surface area contributed by atoms with Crippen LogP contribution in [-0.4, -0.2) is 28.8 Å². The number of ether oxygens (including phenoxy) is 1. The topological polar surface area (TPSA) is 73.2 Å². The molecule has 0 spiro atoms. The Hall–Kier alpha value is -2.93. The summed E-state index contributed by atoms with van der Waals surface area (Å²) in [6, 6.07) is 14.7. The Labute approximate surface area is 171 Å². The van der Waals surface area contributed by atoms with Gasteiger partial charge < -0.3 is 10.1 Å². The lowest BCUT2D eigenvalue weighted by molar-refractivity contribution is 0.0600. The van der Waals surface area contributed by atoms with Crippen LogP contribution in [0.25, 0.3) is 5.69 Å². The highest BCUT2D eigenvalue weighted by atomic mass is 79.9. The lowest BCUT2D eigenvalue weighted by atomic mass is 10.1. The first-order valence-electron chi connectivity index (χ1n) is 8.68. The zero-order chi connectivity index (χ0) is 20.3. The van der Waals surface area contributed by atoms with E-state index in [0.29, 0.717) is 23.4 Å². The van der Waals surface area contributed by atoms with E-state index < -0.39 is 0 Å². The van der Waals surface area contributed by atoms with Crippen LogP contribution in [0.4, 0.5) is 0 Å². The predicted molar refractivity (Wildman–Crippen MR) is 110 cm³/mol. The molecule has 2 aromatic carbocycles. The maximum atomic E-state index is 12.7. The highest BCUT2D eigenvalue weighted by Crippen LogP contribution is 2.20. The van der Waals surface area contributed by atoms with Crippen molar-refractivity contribution in [1.29, 1.82) is 0 Å². The average Bonchev–Trinajstić information content (AvgIpc) is 3.00. The number of nitrogens with one attached hydrogen (secondary N) is 1. The quantitative estimate of drug-likeness (QED) is 0.607. The molecule has 0 aliphatic carbocycles. The fraction of sp³-hybridized carbons (Fsp3) is 0.190. The summed E-state index contributed by atoms with van der Waals surface area (Å²) in [5.74, 6) is -0.572. The van der Waals surface area contributed by atoms with Crippen molar-refractivity contribution in [2.24, 2.45) is 0 Å². The van der Waals surface area contributed by atoms with Gasteiger partial charge in [0.2, 0.25) is 0 Å². The van der Waals surface area contributed by atoms with Gasteiger partial charge in [-0.1, -0.05) is 28.1 Å². The van der Waals surface area contributed by atoms with Gasteiger partial charge in [0.15, 0.2) is 0 Å². The third kappa shape index (κ3) is 4.14. The number of aryl methyl sites for hydroxylation is 1. The van der Waals surface area contributed by atoms with Crippen molar-refractivity contribution in [1.82, 2.24) is 15.1 Å². The van der Waals surface area contributed by atoms with E-state index in [1.165, 1.54) is 7.11 Å². The van der Waals surface area contributed by atoms with Crippen LogP contribution in [0, 0.1) is 13.8 Å². The van der Waals surface area contributed by atoms with Gasteiger partial charge in [0.05, 0.1) is 35.3 Å². The molecule has 3 rings (SSSR count). The summed E-state index contributed by atoms with van der Waals surface area (Å²) in [5, 5.41) is 7.43. The number of halogens is 1. The van der Waals surface area contributed by atoms with E-state index in [0.717, 1.165) is 21.4 Å². The van der Waals surface area contributed by atoms with Crippen LogP contribution in [0.5, 0.6) is 0 Å². The number of methoxy groups -OCH3 is 1. The van der Waals surface area contributed by atoms with E-state index in [2.05, 4.69) is 31.1 Å². The third-order valence-corrected chi connectivity index (χ3v) is 4.95. The minimum atomic E-state index is -0.387. The van der Waals surface area contributed by atoms with Crippen molar-refractivity contribution in [3.8, 4) is 5.69 Å². The van der Waals surface area contributed by atoms with Gasteiger partial charge in [-0.15, -0.1) is 0 Å². The number of esters is 1. The lowest BCUT2D eigenvalue weighted by Crippen LogP contribution is -2.24. The summed E-state index contributed by atoms with van der Waals surface area (Å²) < 4.78 is 7.43. The average molecular weight is 442 g/mol. The van der Waals surface area contributed by atoms with E-state index in [4.69, 9.17) is 0 Å². The molecule has 0 aliphatic rings. The van der Waals surface area contributed by atoms with Gasteiger partial charge in [-0.05, 0) is 55.8 Å². The first-order chi connectivity index (χ1) is 13.4. The van der Waals surface area contributed by atoms with E-state index in [1.807, 2.05) is 38.1 Å². The molecule has 144 valence electrons. The van der Waals surface area contributed by atoms with Gasteiger partial charge in [0.25, 0.3) is 5.91 Å².